The van der Waals surface area contributed by atoms with E-state index in [0.29, 0.717) is 11.4 Å². The molecule has 4 nitrogen and oxygen atoms in total. The molecule has 1 unspecified atom stereocenters. The number of hydrogen-bond acceptors (Lipinski definition) is 4. The van der Waals surface area contributed by atoms with Crippen LogP contribution < -0.4 is 10.0 Å². The standard InChI is InChI=1S/C15H26N2O2S2/c1-6-16-12(2)13-8-7-9-14(10-13)21(18,19)17-11-15(3,4)20-5/h7-10,12,16-17H,6,11H2,1-5H3. The van der Waals surface area contributed by atoms with Crippen molar-refractivity contribution < 1.29 is 8.42 Å². The first kappa shape index (κ1) is 18.5. The molecule has 1 rings (SSSR count). The van der Waals surface area contributed by atoms with Crippen LogP contribution in [-0.4, -0.2) is 32.5 Å². The highest BCUT2D eigenvalue weighted by Gasteiger charge is 2.21. The molecular formula is C15H26N2O2S2. The van der Waals surface area contributed by atoms with Gasteiger partial charge in [-0.2, -0.15) is 11.8 Å². The molecule has 0 saturated carbocycles. The Labute approximate surface area is 133 Å². The molecule has 1 atom stereocenters. The van der Waals surface area contributed by atoms with Crippen molar-refractivity contribution in [3.63, 3.8) is 0 Å². The molecule has 0 amide bonds. The zero-order valence-corrected chi connectivity index (χ0v) is 15.1. The summed E-state index contributed by atoms with van der Waals surface area (Å²) < 4.78 is 27.3. The highest BCUT2D eigenvalue weighted by molar-refractivity contribution is 8.00. The van der Waals surface area contributed by atoms with Crippen molar-refractivity contribution in [1.29, 1.82) is 0 Å². The van der Waals surface area contributed by atoms with Crippen molar-refractivity contribution in [2.75, 3.05) is 19.3 Å². The molecule has 120 valence electrons. The van der Waals surface area contributed by atoms with Crippen LogP contribution in [0.1, 0.15) is 39.3 Å². The summed E-state index contributed by atoms with van der Waals surface area (Å²) in [7, 11) is -3.47. The number of hydrogen-bond donors (Lipinski definition) is 2. The fourth-order valence-electron chi connectivity index (χ4n) is 1.80. The van der Waals surface area contributed by atoms with Gasteiger partial charge in [0.1, 0.15) is 0 Å². The van der Waals surface area contributed by atoms with Crippen molar-refractivity contribution in [2.45, 2.75) is 43.4 Å². The predicted molar refractivity (Wildman–Crippen MR) is 91.3 cm³/mol. The van der Waals surface area contributed by atoms with Gasteiger partial charge < -0.3 is 5.32 Å². The van der Waals surface area contributed by atoms with Crippen LogP contribution in [0, 0.1) is 0 Å². The van der Waals surface area contributed by atoms with Crippen molar-refractivity contribution in [2.24, 2.45) is 0 Å². The first-order valence-corrected chi connectivity index (χ1v) is 9.81. The van der Waals surface area contributed by atoms with Crippen LogP contribution in [0.5, 0.6) is 0 Å². The van der Waals surface area contributed by atoms with Crippen molar-refractivity contribution >= 4 is 21.8 Å². The van der Waals surface area contributed by atoms with Gasteiger partial charge in [-0.15, -0.1) is 0 Å². The maximum absolute atomic E-state index is 12.4. The molecular weight excluding hydrogens is 304 g/mol. The van der Waals surface area contributed by atoms with Gasteiger partial charge in [-0.1, -0.05) is 19.1 Å². The highest BCUT2D eigenvalue weighted by Crippen LogP contribution is 2.22. The molecule has 1 aromatic rings. The van der Waals surface area contributed by atoms with Gasteiger partial charge in [0, 0.05) is 17.3 Å². The second kappa shape index (κ2) is 7.63. The average Bonchev–Trinajstić information content (AvgIpc) is 2.46. The van der Waals surface area contributed by atoms with Crippen LogP contribution in [0.3, 0.4) is 0 Å². The van der Waals surface area contributed by atoms with Gasteiger partial charge >= 0.3 is 0 Å². The first-order chi connectivity index (χ1) is 9.72. The van der Waals surface area contributed by atoms with E-state index in [1.54, 1.807) is 30.0 Å². The number of nitrogens with one attached hydrogen (secondary N) is 2. The van der Waals surface area contributed by atoms with Gasteiger partial charge in [0.2, 0.25) is 10.0 Å². The molecule has 6 heteroatoms. The molecule has 0 aliphatic rings. The van der Waals surface area contributed by atoms with Gasteiger partial charge in [-0.05, 0) is 51.3 Å². The molecule has 1 aromatic carbocycles. The zero-order valence-electron chi connectivity index (χ0n) is 13.4. The van der Waals surface area contributed by atoms with Gasteiger partial charge in [0.25, 0.3) is 0 Å². The summed E-state index contributed by atoms with van der Waals surface area (Å²) in [5, 5.41) is 3.29. The second-order valence-electron chi connectivity index (χ2n) is 5.64. The molecule has 0 saturated heterocycles. The lowest BCUT2D eigenvalue weighted by atomic mass is 10.1. The van der Waals surface area contributed by atoms with Crippen LogP contribution in [0.2, 0.25) is 0 Å². The maximum Gasteiger partial charge on any atom is 0.240 e. The number of thioether (sulfide) groups is 1. The third kappa shape index (κ3) is 5.62. The van der Waals surface area contributed by atoms with E-state index >= 15 is 0 Å². The minimum absolute atomic E-state index is 0.123. The Morgan fingerprint density at radius 1 is 1.33 bits per heavy atom. The van der Waals surface area contributed by atoms with E-state index < -0.39 is 10.0 Å². The Kier molecular flexibility index (Phi) is 6.71. The molecule has 0 aromatic heterocycles. The highest BCUT2D eigenvalue weighted by atomic mass is 32.2. The minimum Gasteiger partial charge on any atom is -0.310 e. The monoisotopic (exact) mass is 330 g/mol. The lowest BCUT2D eigenvalue weighted by molar-refractivity contribution is 0.569. The van der Waals surface area contributed by atoms with E-state index in [0.717, 1.165) is 12.1 Å². The first-order valence-electron chi connectivity index (χ1n) is 7.10. The van der Waals surface area contributed by atoms with Crippen molar-refractivity contribution in [1.82, 2.24) is 10.0 Å². The number of sulfonamides is 1. The lowest BCUT2D eigenvalue weighted by Gasteiger charge is -2.22. The Hall–Kier alpha value is -0.560. The van der Waals surface area contributed by atoms with Crippen LogP contribution in [0.25, 0.3) is 0 Å². The Bertz CT molecular complexity index is 557. The topological polar surface area (TPSA) is 58.2 Å². The third-order valence-electron chi connectivity index (χ3n) is 3.42. The Morgan fingerprint density at radius 2 is 2.00 bits per heavy atom. The molecule has 0 aliphatic carbocycles. The molecule has 0 spiro atoms. The summed E-state index contributed by atoms with van der Waals surface area (Å²) in [4.78, 5) is 0.321. The zero-order chi connectivity index (χ0) is 16.1. The van der Waals surface area contributed by atoms with Crippen LogP contribution in [-0.2, 0) is 10.0 Å². The molecule has 0 radical (unpaired) electrons. The summed E-state index contributed by atoms with van der Waals surface area (Å²) in [6.07, 6.45) is 1.98. The average molecular weight is 331 g/mol. The van der Waals surface area contributed by atoms with E-state index in [1.807, 2.05) is 40.0 Å². The molecule has 0 bridgehead atoms. The van der Waals surface area contributed by atoms with Gasteiger partial charge in [0.15, 0.2) is 0 Å². The van der Waals surface area contributed by atoms with Crippen LogP contribution in [0.4, 0.5) is 0 Å². The van der Waals surface area contributed by atoms with Crippen molar-refractivity contribution in [3.05, 3.63) is 29.8 Å². The molecule has 2 N–H and O–H groups in total. The lowest BCUT2D eigenvalue weighted by Crippen LogP contribution is -2.36. The fraction of sp³-hybridized carbons (Fsp3) is 0.600. The maximum atomic E-state index is 12.4. The van der Waals surface area contributed by atoms with E-state index in [1.165, 1.54) is 0 Å². The SMILES string of the molecule is CCNC(C)c1cccc(S(=O)(=O)NCC(C)(C)SC)c1. The fourth-order valence-corrected chi connectivity index (χ4v) is 3.37. The van der Waals surface area contributed by atoms with E-state index in [4.69, 9.17) is 0 Å². The smallest absolute Gasteiger partial charge is 0.240 e. The minimum atomic E-state index is -3.47. The molecule has 21 heavy (non-hydrogen) atoms. The quantitative estimate of drug-likeness (QED) is 0.769. The van der Waals surface area contributed by atoms with E-state index in [-0.39, 0.29) is 10.8 Å². The summed E-state index contributed by atoms with van der Waals surface area (Å²) in [6.45, 7) is 9.35. The molecule has 0 heterocycles. The molecule has 0 aliphatic heterocycles. The van der Waals surface area contributed by atoms with Crippen LogP contribution in [0.15, 0.2) is 29.2 Å². The normalized spacial score (nSPS) is 14.1. The van der Waals surface area contributed by atoms with Gasteiger partial charge in [0.05, 0.1) is 4.90 Å². The third-order valence-corrected chi connectivity index (χ3v) is 6.07. The van der Waals surface area contributed by atoms with E-state index in [9.17, 15) is 8.42 Å². The number of rotatable bonds is 8. The summed E-state index contributed by atoms with van der Waals surface area (Å²) >= 11 is 1.64. The van der Waals surface area contributed by atoms with E-state index in [2.05, 4.69) is 10.0 Å². The number of benzene rings is 1. The van der Waals surface area contributed by atoms with Crippen LogP contribution >= 0.6 is 11.8 Å². The molecule has 0 fully saturated rings. The predicted octanol–water partition coefficient (Wildman–Crippen LogP) is 2.78. The summed E-state index contributed by atoms with van der Waals surface area (Å²) in [5.41, 5.74) is 0.976. The van der Waals surface area contributed by atoms with Gasteiger partial charge in [-0.3, -0.25) is 0 Å². The summed E-state index contributed by atoms with van der Waals surface area (Å²) in [6, 6.07) is 7.24. The second-order valence-corrected chi connectivity index (χ2v) is 8.92. The summed E-state index contributed by atoms with van der Waals surface area (Å²) in [5.74, 6) is 0. The Morgan fingerprint density at radius 3 is 2.57 bits per heavy atom. The Balaban J connectivity index is 2.91. The van der Waals surface area contributed by atoms with Crippen molar-refractivity contribution in [3.8, 4) is 0 Å². The van der Waals surface area contributed by atoms with Gasteiger partial charge in [-0.25, -0.2) is 13.1 Å². The largest absolute Gasteiger partial charge is 0.310 e.